The third-order valence-corrected chi connectivity index (χ3v) is 7.43. The molecule has 2 heterocycles. The van der Waals surface area contributed by atoms with Crippen LogP contribution < -0.4 is 4.90 Å². The number of rotatable bonds is 7. The summed E-state index contributed by atoms with van der Waals surface area (Å²) in [6, 6.07) is 16.0. The average molecular weight is 545 g/mol. The van der Waals surface area contributed by atoms with Crippen molar-refractivity contribution < 1.29 is 23.5 Å². The lowest BCUT2D eigenvalue weighted by atomic mass is 9.88. The number of carboxylic acid groups (broad SMARTS) is 1. The fourth-order valence-electron chi connectivity index (χ4n) is 5.44. The van der Waals surface area contributed by atoms with E-state index in [4.69, 9.17) is 0 Å². The van der Waals surface area contributed by atoms with Crippen molar-refractivity contribution in [2.24, 2.45) is 0 Å². The molecular weight excluding hydrogens is 514 g/mol. The van der Waals surface area contributed by atoms with Crippen molar-refractivity contribution in [2.75, 3.05) is 19.0 Å². The number of imidazole rings is 1. The van der Waals surface area contributed by atoms with Gasteiger partial charge in [-0.05, 0) is 59.5 Å². The quantitative estimate of drug-likeness (QED) is 0.363. The van der Waals surface area contributed by atoms with E-state index in [2.05, 4.69) is 17.1 Å². The zero-order valence-electron chi connectivity index (χ0n) is 22.5. The minimum absolute atomic E-state index is 0.00954. The molecule has 1 aromatic heterocycles. The maximum absolute atomic E-state index is 14.1. The Morgan fingerprint density at radius 3 is 2.12 bits per heavy atom. The highest BCUT2D eigenvalue weighted by Crippen LogP contribution is 2.32. The van der Waals surface area contributed by atoms with Crippen LogP contribution in [0.25, 0.3) is 0 Å². The van der Waals surface area contributed by atoms with Crippen molar-refractivity contribution in [1.82, 2.24) is 14.5 Å². The summed E-state index contributed by atoms with van der Waals surface area (Å²) in [6.45, 7) is 2.57. The molecule has 0 saturated heterocycles. The molecule has 0 radical (unpaired) electrons. The molecule has 9 heteroatoms. The van der Waals surface area contributed by atoms with Crippen LogP contribution in [0.1, 0.15) is 39.6 Å². The monoisotopic (exact) mass is 544 g/mol. The van der Waals surface area contributed by atoms with E-state index in [0.717, 1.165) is 22.5 Å². The number of aryl methyl sites for hydroxylation is 1. The van der Waals surface area contributed by atoms with E-state index in [-0.39, 0.29) is 13.0 Å². The highest BCUT2D eigenvalue weighted by atomic mass is 19.1. The number of amides is 1. The molecule has 0 unspecified atom stereocenters. The maximum atomic E-state index is 14.1. The molecule has 5 rings (SSSR count). The Labute approximate surface area is 231 Å². The van der Waals surface area contributed by atoms with Crippen LogP contribution in [0.5, 0.6) is 0 Å². The van der Waals surface area contributed by atoms with Gasteiger partial charge in [-0.2, -0.15) is 0 Å². The maximum Gasteiger partial charge on any atom is 0.326 e. The highest BCUT2D eigenvalue weighted by Gasteiger charge is 2.40. The van der Waals surface area contributed by atoms with E-state index in [0.29, 0.717) is 23.4 Å². The molecule has 0 saturated carbocycles. The van der Waals surface area contributed by atoms with Crippen LogP contribution in [0.3, 0.4) is 0 Å². The minimum Gasteiger partial charge on any atom is -0.480 e. The highest BCUT2D eigenvalue weighted by molar-refractivity contribution is 5.91. The third kappa shape index (κ3) is 5.32. The second kappa shape index (κ2) is 10.9. The summed E-state index contributed by atoms with van der Waals surface area (Å²) in [4.78, 5) is 34.4. The number of carbonyl (C=O) groups is 2. The number of carboxylic acids is 1. The van der Waals surface area contributed by atoms with Crippen molar-refractivity contribution in [3.63, 3.8) is 0 Å². The van der Waals surface area contributed by atoms with Gasteiger partial charge < -0.3 is 19.5 Å². The van der Waals surface area contributed by atoms with Crippen LogP contribution in [0.4, 0.5) is 14.5 Å². The number of benzene rings is 3. The lowest BCUT2D eigenvalue weighted by Crippen LogP contribution is -2.50. The first-order valence-corrected chi connectivity index (χ1v) is 13.0. The van der Waals surface area contributed by atoms with E-state index < -0.39 is 35.5 Å². The van der Waals surface area contributed by atoms with Crippen molar-refractivity contribution >= 4 is 17.6 Å². The van der Waals surface area contributed by atoms with Gasteiger partial charge in [0.25, 0.3) is 0 Å². The van der Waals surface area contributed by atoms with Crippen molar-refractivity contribution in [3.05, 3.63) is 118 Å². The second-order valence-electron chi connectivity index (χ2n) is 10.3. The SMILES string of the molecule is Cc1cc(Cn2cnc3c2C[C@@H](C(=O)O)N(C(=O)C(c2ccc(F)cc2)c2ccc(F)cc2)C3)ccc1N(C)C. The first kappa shape index (κ1) is 27.1. The number of hydrogen-bond donors (Lipinski definition) is 1. The van der Waals surface area contributed by atoms with Crippen LogP contribution in [0, 0.1) is 18.6 Å². The molecule has 1 atom stereocenters. The number of fused-ring (bicyclic) bond motifs is 1. The number of hydrogen-bond acceptors (Lipinski definition) is 4. The molecule has 0 fully saturated rings. The van der Waals surface area contributed by atoms with Gasteiger partial charge in [0, 0.05) is 38.4 Å². The summed E-state index contributed by atoms with van der Waals surface area (Å²) in [5.41, 5.74) is 5.67. The molecule has 40 heavy (non-hydrogen) atoms. The van der Waals surface area contributed by atoms with Crippen molar-refractivity contribution in [3.8, 4) is 0 Å². The summed E-state index contributed by atoms with van der Waals surface area (Å²) in [6.07, 6.45) is 1.77. The van der Waals surface area contributed by atoms with E-state index in [1.807, 2.05) is 36.6 Å². The molecule has 3 aromatic carbocycles. The summed E-state index contributed by atoms with van der Waals surface area (Å²) in [5.74, 6) is -3.46. The summed E-state index contributed by atoms with van der Waals surface area (Å²) in [7, 11) is 3.98. The fourth-order valence-corrected chi connectivity index (χ4v) is 5.44. The molecule has 1 amide bonds. The molecule has 206 valence electrons. The van der Waals surface area contributed by atoms with E-state index in [1.165, 1.54) is 53.4 Å². The Morgan fingerprint density at radius 1 is 1.00 bits per heavy atom. The molecule has 4 aromatic rings. The standard InChI is InChI=1S/C31H30F2N4O3/c1-19-14-20(4-13-26(19)35(2)3)16-36-18-34-25-17-37(28(31(39)40)15-27(25)36)30(38)29(21-5-9-23(32)10-6-21)22-7-11-24(33)12-8-22/h4-14,18,28-29H,15-17H2,1-3H3,(H,39,40)/t28-/m0/s1. The Balaban J connectivity index is 1.47. The zero-order chi connectivity index (χ0) is 28.6. The van der Waals surface area contributed by atoms with Gasteiger partial charge in [-0.25, -0.2) is 18.6 Å². The van der Waals surface area contributed by atoms with Crippen LogP contribution in [-0.4, -0.2) is 51.6 Å². The van der Waals surface area contributed by atoms with Gasteiger partial charge in [0.1, 0.15) is 17.7 Å². The average Bonchev–Trinajstić information content (AvgIpc) is 3.31. The largest absolute Gasteiger partial charge is 0.480 e. The molecule has 7 nitrogen and oxygen atoms in total. The normalized spacial score (nSPS) is 14.8. The van der Waals surface area contributed by atoms with Crippen LogP contribution in [-0.2, 0) is 29.1 Å². The van der Waals surface area contributed by atoms with E-state index in [9.17, 15) is 23.5 Å². The van der Waals surface area contributed by atoms with Crippen molar-refractivity contribution in [1.29, 1.82) is 0 Å². The summed E-state index contributed by atoms with van der Waals surface area (Å²) >= 11 is 0. The van der Waals surface area contributed by atoms with Crippen LogP contribution in [0.2, 0.25) is 0 Å². The van der Waals surface area contributed by atoms with Crippen LogP contribution in [0.15, 0.2) is 73.1 Å². The minimum atomic E-state index is -1.13. The number of nitrogens with zero attached hydrogens (tertiary/aromatic N) is 4. The number of aromatic nitrogens is 2. The summed E-state index contributed by atoms with van der Waals surface area (Å²) < 4.78 is 29.3. The molecule has 1 aliphatic rings. The predicted molar refractivity (Wildman–Crippen MR) is 147 cm³/mol. The lowest BCUT2D eigenvalue weighted by Gasteiger charge is -2.35. The summed E-state index contributed by atoms with van der Waals surface area (Å²) in [5, 5.41) is 10.2. The first-order valence-electron chi connectivity index (χ1n) is 13.0. The number of carbonyl (C=O) groups excluding carboxylic acids is 1. The van der Waals surface area contributed by atoms with Crippen LogP contribution >= 0.6 is 0 Å². The number of aliphatic carboxylic acids is 1. The van der Waals surface area contributed by atoms with Gasteiger partial charge in [-0.15, -0.1) is 0 Å². The second-order valence-corrected chi connectivity index (χ2v) is 10.3. The molecular formula is C31H30F2N4O3. The fraction of sp³-hybridized carbons (Fsp3) is 0.258. The van der Waals surface area contributed by atoms with Crippen molar-refractivity contribution in [2.45, 2.75) is 38.4 Å². The first-order chi connectivity index (χ1) is 19.1. The van der Waals surface area contributed by atoms with Gasteiger partial charge in [0.2, 0.25) is 5.91 Å². The Hall–Kier alpha value is -4.53. The van der Waals surface area contributed by atoms with Gasteiger partial charge in [-0.3, -0.25) is 4.79 Å². The van der Waals surface area contributed by atoms with Gasteiger partial charge >= 0.3 is 5.97 Å². The van der Waals surface area contributed by atoms with E-state index in [1.54, 1.807) is 6.33 Å². The van der Waals surface area contributed by atoms with E-state index >= 15 is 0 Å². The molecule has 0 spiro atoms. The molecule has 1 aliphatic heterocycles. The molecule has 1 N–H and O–H groups in total. The Bertz CT molecular complexity index is 1500. The molecule has 0 aliphatic carbocycles. The Kier molecular flexibility index (Phi) is 7.38. The number of anilines is 1. The zero-order valence-corrected chi connectivity index (χ0v) is 22.5. The number of halogens is 2. The Morgan fingerprint density at radius 2 is 1.60 bits per heavy atom. The smallest absolute Gasteiger partial charge is 0.326 e. The lowest BCUT2D eigenvalue weighted by molar-refractivity contribution is -0.151. The van der Waals surface area contributed by atoms with Gasteiger partial charge in [-0.1, -0.05) is 36.4 Å². The predicted octanol–water partition coefficient (Wildman–Crippen LogP) is 4.75. The van der Waals surface area contributed by atoms with Gasteiger partial charge in [0.15, 0.2) is 0 Å². The third-order valence-electron chi connectivity index (χ3n) is 7.43. The topological polar surface area (TPSA) is 78.7 Å². The molecule has 0 bridgehead atoms. The van der Waals surface area contributed by atoms with Gasteiger partial charge in [0.05, 0.1) is 24.5 Å².